The number of halogens is 1. The van der Waals surface area contributed by atoms with Crippen molar-refractivity contribution in [3.05, 3.63) is 60.4 Å². The highest BCUT2D eigenvalue weighted by atomic mass is 32.2. The quantitative estimate of drug-likeness (QED) is 0.706. The lowest BCUT2D eigenvalue weighted by Gasteiger charge is -2.02. The number of thioether (sulfide) groups is 1. The fourth-order valence-corrected chi connectivity index (χ4v) is 2.65. The number of carboxylic acids is 1. The summed E-state index contributed by atoms with van der Waals surface area (Å²) in [6, 6.07) is 15.5. The first-order chi connectivity index (χ1) is 11.1. The van der Waals surface area contributed by atoms with Gasteiger partial charge in [0.15, 0.2) is 5.76 Å². The summed E-state index contributed by atoms with van der Waals surface area (Å²) in [5, 5.41) is 8.98. The van der Waals surface area contributed by atoms with E-state index in [1.54, 1.807) is 18.2 Å². The molecule has 1 N–H and O–H groups in total. The van der Waals surface area contributed by atoms with Crippen LogP contribution < -0.4 is 0 Å². The van der Waals surface area contributed by atoms with Crippen molar-refractivity contribution in [3.8, 4) is 22.6 Å². The van der Waals surface area contributed by atoms with E-state index in [0.717, 1.165) is 17.3 Å². The van der Waals surface area contributed by atoms with Crippen molar-refractivity contribution in [2.75, 3.05) is 5.75 Å². The number of nitrogens with zero attached hydrogens (tertiary/aromatic N) is 1. The second-order valence-electron chi connectivity index (χ2n) is 4.69. The molecule has 0 saturated carbocycles. The molecule has 0 radical (unpaired) electrons. The maximum absolute atomic E-state index is 14.1. The molecule has 0 aliphatic rings. The molecule has 23 heavy (non-hydrogen) atoms. The number of oxazole rings is 1. The lowest BCUT2D eigenvalue weighted by Crippen LogP contribution is -1.97. The molecule has 3 aromatic rings. The first-order valence-electron chi connectivity index (χ1n) is 6.81. The SMILES string of the molecule is O=C(O)CSc1nc(-c2ccccc2F)c(-c2ccccc2)o1. The van der Waals surface area contributed by atoms with Crippen LogP contribution in [0.3, 0.4) is 0 Å². The van der Waals surface area contributed by atoms with Gasteiger partial charge in [0.05, 0.1) is 0 Å². The van der Waals surface area contributed by atoms with Gasteiger partial charge >= 0.3 is 5.97 Å². The van der Waals surface area contributed by atoms with Gasteiger partial charge in [0, 0.05) is 11.1 Å². The van der Waals surface area contributed by atoms with Gasteiger partial charge in [-0.15, -0.1) is 0 Å². The van der Waals surface area contributed by atoms with E-state index < -0.39 is 11.8 Å². The van der Waals surface area contributed by atoms with Crippen LogP contribution in [-0.2, 0) is 4.79 Å². The van der Waals surface area contributed by atoms with Crippen molar-refractivity contribution >= 4 is 17.7 Å². The predicted molar refractivity (Wildman–Crippen MR) is 85.7 cm³/mol. The number of benzene rings is 2. The van der Waals surface area contributed by atoms with Crippen LogP contribution in [0.25, 0.3) is 22.6 Å². The molecule has 0 aliphatic carbocycles. The molecular weight excluding hydrogens is 317 g/mol. The smallest absolute Gasteiger partial charge is 0.314 e. The number of rotatable bonds is 5. The van der Waals surface area contributed by atoms with E-state index in [0.29, 0.717) is 17.0 Å². The van der Waals surface area contributed by atoms with Crippen molar-refractivity contribution in [1.29, 1.82) is 0 Å². The number of carbonyl (C=O) groups is 1. The van der Waals surface area contributed by atoms with Gasteiger partial charge in [-0.3, -0.25) is 4.79 Å². The normalized spacial score (nSPS) is 10.7. The molecule has 0 unspecified atom stereocenters. The summed E-state index contributed by atoms with van der Waals surface area (Å²) in [6.45, 7) is 0. The number of hydrogen-bond acceptors (Lipinski definition) is 4. The highest BCUT2D eigenvalue weighted by Gasteiger charge is 2.20. The number of hydrogen-bond donors (Lipinski definition) is 1. The molecule has 3 rings (SSSR count). The molecule has 0 fully saturated rings. The molecule has 0 aliphatic heterocycles. The number of aliphatic carboxylic acids is 1. The molecule has 0 atom stereocenters. The Hall–Kier alpha value is -2.60. The lowest BCUT2D eigenvalue weighted by atomic mass is 10.1. The van der Waals surface area contributed by atoms with Crippen LogP contribution in [0.2, 0.25) is 0 Å². The van der Waals surface area contributed by atoms with Crippen molar-refractivity contribution < 1.29 is 18.7 Å². The molecule has 1 heterocycles. The average Bonchev–Trinajstić information content (AvgIpc) is 2.98. The molecule has 0 amide bonds. The van der Waals surface area contributed by atoms with Gasteiger partial charge in [0.2, 0.25) is 0 Å². The summed E-state index contributed by atoms with van der Waals surface area (Å²) in [7, 11) is 0. The minimum atomic E-state index is -0.970. The molecule has 6 heteroatoms. The van der Waals surface area contributed by atoms with Crippen molar-refractivity contribution in [2.24, 2.45) is 0 Å². The summed E-state index contributed by atoms with van der Waals surface area (Å²) in [5.74, 6) is -1.14. The third-order valence-electron chi connectivity index (χ3n) is 3.09. The second kappa shape index (κ2) is 6.66. The van der Waals surface area contributed by atoms with Crippen LogP contribution in [-0.4, -0.2) is 21.8 Å². The molecule has 1 aromatic heterocycles. The van der Waals surface area contributed by atoms with E-state index in [2.05, 4.69) is 4.98 Å². The molecule has 116 valence electrons. The summed E-state index contributed by atoms with van der Waals surface area (Å²) in [4.78, 5) is 15.0. The van der Waals surface area contributed by atoms with Crippen LogP contribution >= 0.6 is 11.8 Å². The van der Waals surface area contributed by atoms with E-state index in [1.165, 1.54) is 6.07 Å². The standard InChI is InChI=1S/C17H12FNO3S/c18-13-9-5-4-8-12(13)15-16(11-6-2-1-3-7-11)22-17(19-15)23-10-14(20)21/h1-9H,10H2,(H,20,21). The number of aromatic nitrogens is 1. The molecule has 2 aromatic carbocycles. The topological polar surface area (TPSA) is 63.3 Å². The Kier molecular flexibility index (Phi) is 4.43. The maximum atomic E-state index is 14.1. The Morgan fingerprint density at radius 1 is 1.13 bits per heavy atom. The van der Waals surface area contributed by atoms with Gasteiger partial charge in [-0.1, -0.05) is 54.2 Å². The fraction of sp³-hybridized carbons (Fsp3) is 0.0588. The number of carboxylic acid groups (broad SMARTS) is 1. The van der Waals surface area contributed by atoms with E-state index >= 15 is 0 Å². The highest BCUT2D eigenvalue weighted by Crippen LogP contribution is 2.36. The monoisotopic (exact) mass is 329 g/mol. The van der Waals surface area contributed by atoms with Gasteiger partial charge in [-0.25, -0.2) is 9.37 Å². The van der Waals surface area contributed by atoms with Gasteiger partial charge < -0.3 is 9.52 Å². The van der Waals surface area contributed by atoms with Crippen LogP contribution in [0.5, 0.6) is 0 Å². The average molecular weight is 329 g/mol. The molecule has 0 bridgehead atoms. The van der Waals surface area contributed by atoms with Crippen LogP contribution in [0.15, 0.2) is 64.2 Å². The van der Waals surface area contributed by atoms with E-state index in [9.17, 15) is 9.18 Å². The van der Waals surface area contributed by atoms with Crippen LogP contribution in [0.1, 0.15) is 0 Å². The Balaban J connectivity index is 2.09. The maximum Gasteiger partial charge on any atom is 0.314 e. The van der Waals surface area contributed by atoms with Gasteiger partial charge in [-0.2, -0.15) is 0 Å². The summed E-state index contributed by atoms with van der Waals surface area (Å²) >= 11 is 0.959. The first-order valence-corrected chi connectivity index (χ1v) is 7.79. The minimum absolute atomic E-state index is 0.175. The zero-order valence-corrected chi connectivity index (χ0v) is 12.7. The Morgan fingerprint density at radius 2 is 1.83 bits per heavy atom. The lowest BCUT2D eigenvalue weighted by molar-refractivity contribution is -0.133. The van der Waals surface area contributed by atoms with Crippen molar-refractivity contribution in [2.45, 2.75) is 5.22 Å². The molecule has 4 nitrogen and oxygen atoms in total. The largest absolute Gasteiger partial charge is 0.481 e. The summed E-state index contributed by atoms with van der Waals surface area (Å²) in [6.07, 6.45) is 0. The fourth-order valence-electron chi connectivity index (χ4n) is 2.11. The van der Waals surface area contributed by atoms with Crippen molar-refractivity contribution in [1.82, 2.24) is 4.98 Å². The minimum Gasteiger partial charge on any atom is -0.481 e. The Bertz CT molecular complexity index is 833. The first kappa shape index (κ1) is 15.3. The van der Waals surface area contributed by atoms with E-state index in [1.807, 2.05) is 30.3 Å². The third kappa shape index (κ3) is 3.43. The molecule has 0 spiro atoms. The highest BCUT2D eigenvalue weighted by molar-refractivity contribution is 7.99. The zero-order chi connectivity index (χ0) is 16.2. The second-order valence-corrected chi connectivity index (χ2v) is 5.61. The molecular formula is C17H12FNO3S. The van der Waals surface area contributed by atoms with Gasteiger partial charge in [0.25, 0.3) is 5.22 Å². The van der Waals surface area contributed by atoms with Gasteiger partial charge in [-0.05, 0) is 12.1 Å². The van der Waals surface area contributed by atoms with Crippen molar-refractivity contribution in [3.63, 3.8) is 0 Å². The van der Waals surface area contributed by atoms with E-state index in [-0.39, 0.29) is 11.0 Å². The zero-order valence-electron chi connectivity index (χ0n) is 11.9. The predicted octanol–water partition coefficient (Wildman–Crippen LogP) is 4.32. The molecule has 0 saturated heterocycles. The Labute approximate surface area is 136 Å². The van der Waals surface area contributed by atoms with E-state index in [4.69, 9.17) is 9.52 Å². The third-order valence-corrected chi connectivity index (χ3v) is 3.90. The Morgan fingerprint density at radius 3 is 2.52 bits per heavy atom. The van der Waals surface area contributed by atoms with Gasteiger partial charge in [0.1, 0.15) is 17.3 Å². The summed E-state index contributed by atoms with van der Waals surface area (Å²) < 4.78 is 19.8. The van der Waals surface area contributed by atoms with Crippen LogP contribution in [0, 0.1) is 5.82 Å². The van der Waals surface area contributed by atoms with Crippen LogP contribution in [0.4, 0.5) is 4.39 Å². The summed E-state index contributed by atoms with van der Waals surface area (Å²) in [5.41, 5.74) is 1.43.